The summed E-state index contributed by atoms with van der Waals surface area (Å²) in [6.07, 6.45) is 5.22. The predicted molar refractivity (Wildman–Crippen MR) is 66.5 cm³/mol. The SMILES string of the molecule is CC(C)Cc1ncc(CNC2(CO)CC2)s1. The van der Waals surface area contributed by atoms with Crippen molar-refractivity contribution in [2.45, 2.75) is 45.2 Å². The number of nitrogens with zero attached hydrogens (tertiary/aromatic N) is 1. The predicted octanol–water partition coefficient (Wildman–Crippen LogP) is 1.96. The Morgan fingerprint density at radius 2 is 2.31 bits per heavy atom. The van der Waals surface area contributed by atoms with Crippen LogP contribution in [0, 0.1) is 5.92 Å². The molecule has 0 spiro atoms. The van der Waals surface area contributed by atoms with Crippen molar-refractivity contribution in [1.82, 2.24) is 10.3 Å². The topological polar surface area (TPSA) is 45.2 Å². The molecule has 0 bridgehead atoms. The van der Waals surface area contributed by atoms with Crippen molar-refractivity contribution >= 4 is 11.3 Å². The summed E-state index contributed by atoms with van der Waals surface area (Å²) in [5, 5.41) is 13.8. The lowest BCUT2D eigenvalue weighted by Crippen LogP contribution is -2.33. The van der Waals surface area contributed by atoms with E-state index in [-0.39, 0.29) is 12.1 Å². The third-order valence-corrected chi connectivity index (χ3v) is 4.00. The maximum Gasteiger partial charge on any atom is 0.0930 e. The molecule has 4 heteroatoms. The van der Waals surface area contributed by atoms with Crippen LogP contribution in [0.15, 0.2) is 6.20 Å². The number of rotatable bonds is 6. The monoisotopic (exact) mass is 240 g/mol. The Balaban J connectivity index is 1.83. The largest absolute Gasteiger partial charge is 0.394 e. The van der Waals surface area contributed by atoms with Gasteiger partial charge in [-0.3, -0.25) is 0 Å². The van der Waals surface area contributed by atoms with Crippen LogP contribution in [0.2, 0.25) is 0 Å². The van der Waals surface area contributed by atoms with E-state index in [9.17, 15) is 5.11 Å². The number of aliphatic hydroxyl groups is 1. The molecule has 0 saturated heterocycles. The van der Waals surface area contributed by atoms with Crippen molar-refractivity contribution in [3.8, 4) is 0 Å². The molecule has 1 fully saturated rings. The van der Waals surface area contributed by atoms with Gasteiger partial charge in [0.2, 0.25) is 0 Å². The van der Waals surface area contributed by atoms with Gasteiger partial charge in [-0.1, -0.05) is 13.8 Å². The van der Waals surface area contributed by atoms with E-state index in [1.807, 2.05) is 6.20 Å². The third-order valence-electron chi connectivity index (χ3n) is 2.98. The second kappa shape index (κ2) is 4.82. The van der Waals surface area contributed by atoms with Crippen molar-refractivity contribution in [1.29, 1.82) is 0 Å². The van der Waals surface area contributed by atoms with Gasteiger partial charge in [0, 0.05) is 29.6 Å². The molecule has 1 aliphatic rings. The summed E-state index contributed by atoms with van der Waals surface area (Å²) >= 11 is 1.78. The molecule has 3 nitrogen and oxygen atoms in total. The van der Waals surface area contributed by atoms with Crippen LogP contribution in [0.5, 0.6) is 0 Å². The fourth-order valence-electron chi connectivity index (χ4n) is 1.69. The Morgan fingerprint density at radius 1 is 1.56 bits per heavy atom. The second-order valence-corrected chi connectivity index (χ2v) is 6.31. The van der Waals surface area contributed by atoms with Gasteiger partial charge >= 0.3 is 0 Å². The minimum atomic E-state index is 0.0300. The smallest absolute Gasteiger partial charge is 0.0930 e. The summed E-state index contributed by atoms with van der Waals surface area (Å²) in [7, 11) is 0. The average molecular weight is 240 g/mol. The molecular weight excluding hydrogens is 220 g/mol. The van der Waals surface area contributed by atoms with Gasteiger partial charge in [0.15, 0.2) is 0 Å². The number of aromatic nitrogens is 1. The highest BCUT2D eigenvalue weighted by atomic mass is 32.1. The van der Waals surface area contributed by atoms with Gasteiger partial charge in [-0.25, -0.2) is 4.98 Å². The van der Waals surface area contributed by atoms with Crippen LogP contribution in [0.3, 0.4) is 0 Å². The minimum Gasteiger partial charge on any atom is -0.394 e. The number of aliphatic hydroxyl groups excluding tert-OH is 1. The first-order chi connectivity index (χ1) is 7.63. The number of nitrogens with one attached hydrogen (secondary N) is 1. The number of thiazole rings is 1. The average Bonchev–Trinajstić information content (AvgIpc) is 2.90. The van der Waals surface area contributed by atoms with Crippen molar-refractivity contribution < 1.29 is 5.11 Å². The summed E-state index contributed by atoms with van der Waals surface area (Å²) in [6.45, 7) is 5.52. The molecule has 2 N–H and O–H groups in total. The van der Waals surface area contributed by atoms with Gasteiger partial charge in [0.25, 0.3) is 0 Å². The van der Waals surface area contributed by atoms with Crippen molar-refractivity contribution in [3.05, 3.63) is 16.1 Å². The molecule has 1 aromatic heterocycles. The summed E-state index contributed by atoms with van der Waals surface area (Å²) < 4.78 is 0. The highest BCUT2D eigenvalue weighted by Crippen LogP contribution is 2.35. The van der Waals surface area contributed by atoms with Gasteiger partial charge in [-0.2, -0.15) is 0 Å². The molecule has 0 unspecified atom stereocenters. The lowest BCUT2D eigenvalue weighted by Gasteiger charge is -2.12. The summed E-state index contributed by atoms with van der Waals surface area (Å²) in [5.41, 5.74) is 0.0300. The molecular formula is C12H20N2OS. The first-order valence-electron chi connectivity index (χ1n) is 5.93. The number of hydrogen-bond acceptors (Lipinski definition) is 4. The molecule has 0 radical (unpaired) electrons. The van der Waals surface area contributed by atoms with E-state index in [0.717, 1.165) is 25.8 Å². The summed E-state index contributed by atoms with van der Waals surface area (Å²) in [5.74, 6) is 0.666. The highest BCUT2D eigenvalue weighted by Gasteiger charge is 2.41. The molecule has 0 atom stereocenters. The summed E-state index contributed by atoms with van der Waals surface area (Å²) in [4.78, 5) is 5.69. The third kappa shape index (κ3) is 3.03. The molecule has 0 aromatic carbocycles. The first kappa shape index (κ1) is 12.0. The maximum atomic E-state index is 9.18. The van der Waals surface area contributed by atoms with E-state index in [1.165, 1.54) is 9.88 Å². The molecule has 2 rings (SSSR count). The zero-order valence-corrected chi connectivity index (χ0v) is 10.8. The van der Waals surface area contributed by atoms with Crippen molar-refractivity contribution in [2.24, 2.45) is 5.92 Å². The zero-order valence-electron chi connectivity index (χ0n) is 9.99. The lowest BCUT2D eigenvalue weighted by molar-refractivity contribution is 0.230. The van der Waals surface area contributed by atoms with Crippen LogP contribution >= 0.6 is 11.3 Å². The van der Waals surface area contributed by atoms with Crippen molar-refractivity contribution in [2.75, 3.05) is 6.61 Å². The first-order valence-corrected chi connectivity index (χ1v) is 6.75. The van der Waals surface area contributed by atoms with E-state index in [4.69, 9.17) is 0 Å². The molecule has 1 heterocycles. The number of hydrogen-bond donors (Lipinski definition) is 2. The lowest BCUT2D eigenvalue weighted by atomic mass is 10.1. The van der Waals surface area contributed by atoms with Crippen LogP contribution in [-0.2, 0) is 13.0 Å². The van der Waals surface area contributed by atoms with Crippen LogP contribution in [0.25, 0.3) is 0 Å². The zero-order chi connectivity index (χ0) is 11.6. The Labute approximate surface area is 101 Å². The molecule has 1 aromatic rings. The summed E-state index contributed by atoms with van der Waals surface area (Å²) in [6, 6.07) is 0. The van der Waals surface area contributed by atoms with Gasteiger partial charge < -0.3 is 10.4 Å². The van der Waals surface area contributed by atoms with Gasteiger partial charge in [-0.05, 0) is 18.8 Å². The maximum absolute atomic E-state index is 9.18. The van der Waals surface area contributed by atoms with E-state index >= 15 is 0 Å². The van der Waals surface area contributed by atoms with Crippen LogP contribution in [0.1, 0.15) is 36.6 Å². The Hall–Kier alpha value is -0.450. The van der Waals surface area contributed by atoms with Crippen LogP contribution in [0.4, 0.5) is 0 Å². The normalized spacial score (nSPS) is 18.0. The molecule has 1 saturated carbocycles. The molecule has 1 aliphatic carbocycles. The Bertz CT molecular complexity index is 345. The highest BCUT2D eigenvalue weighted by molar-refractivity contribution is 7.11. The quantitative estimate of drug-likeness (QED) is 0.799. The van der Waals surface area contributed by atoms with Crippen LogP contribution < -0.4 is 5.32 Å². The van der Waals surface area contributed by atoms with Gasteiger partial charge in [-0.15, -0.1) is 11.3 Å². The van der Waals surface area contributed by atoms with Crippen LogP contribution in [-0.4, -0.2) is 22.2 Å². The molecule has 90 valence electrons. The Morgan fingerprint density at radius 3 is 2.88 bits per heavy atom. The van der Waals surface area contributed by atoms with E-state index in [1.54, 1.807) is 11.3 Å². The fourth-order valence-corrected chi connectivity index (χ4v) is 2.76. The fraction of sp³-hybridized carbons (Fsp3) is 0.750. The van der Waals surface area contributed by atoms with E-state index < -0.39 is 0 Å². The Kier molecular flexibility index (Phi) is 3.62. The van der Waals surface area contributed by atoms with Crippen molar-refractivity contribution in [3.63, 3.8) is 0 Å². The molecule has 0 amide bonds. The second-order valence-electron chi connectivity index (χ2n) is 5.11. The van der Waals surface area contributed by atoms with E-state index in [2.05, 4.69) is 24.1 Å². The minimum absolute atomic E-state index is 0.0300. The van der Waals surface area contributed by atoms with Gasteiger partial charge in [0.05, 0.1) is 11.6 Å². The van der Waals surface area contributed by atoms with Gasteiger partial charge in [0.1, 0.15) is 0 Å². The molecule has 0 aliphatic heterocycles. The van der Waals surface area contributed by atoms with E-state index in [0.29, 0.717) is 5.92 Å². The molecule has 16 heavy (non-hydrogen) atoms. The standard InChI is InChI=1S/C12H20N2OS/c1-9(2)5-11-13-6-10(16-11)7-14-12(8-15)3-4-12/h6,9,14-15H,3-5,7-8H2,1-2H3.